The molecule has 9 heteroatoms. The van der Waals surface area contributed by atoms with E-state index >= 15 is 0 Å². The van der Waals surface area contributed by atoms with Gasteiger partial charge in [0.05, 0.1) is 26.1 Å². The van der Waals surface area contributed by atoms with E-state index in [-0.39, 0.29) is 68.9 Å². The van der Waals surface area contributed by atoms with Crippen molar-refractivity contribution in [3.8, 4) is 51.0 Å². The molecule has 0 unspecified atom stereocenters. The van der Waals surface area contributed by atoms with Crippen LogP contribution in [0.3, 0.4) is 0 Å². The van der Waals surface area contributed by atoms with E-state index in [9.17, 15) is 5.48 Å². The summed E-state index contributed by atoms with van der Waals surface area (Å²) in [7, 11) is 0. The topological polar surface area (TPSA) is 72.2 Å². The Hall–Kier alpha value is -8.45. The number of ether oxygens (including phenoxy) is 1. The number of rotatable bonds is 12. The Balaban J connectivity index is 0.00000437. The summed E-state index contributed by atoms with van der Waals surface area (Å²) in [6, 6.07) is 47.2. The SMILES string of the molecule is [2H]c1c([2H])c([2H])c(-c2cc(C(C)(C)C)cc(-c3c([2H])c([2H])c([2H])c([2H])c3[2H])c2N2C=CN(c3[c-]c(Oc4[c-]c5c(cc4-c4nc(C(C)(C)c6ccccc6)nc(C(C)(C)c6ccccc6)n4)c4ccccc4n5-c4ccccn4)ccc3)C2)c([2H])c1[2H].[CH3-].[Pt]. The third-order valence-corrected chi connectivity index (χ3v) is 14.4. The Labute approximate surface area is 493 Å². The van der Waals surface area contributed by atoms with Crippen LogP contribution in [0.1, 0.15) is 90.5 Å². The minimum Gasteiger partial charge on any atom is -0.508 e. The fourth-order valence-corrected chi connectivity index (χ4v) is 9.93. The average molecular weight is 1220 g/mol. The molecule has 8 nitrogen and oxygen atoms in total. The molecule has 0 saturated heterocycles. The van der Waals surface area contributed by atoms with Crippen molar-refractivity contribution in [2.24, 2.45) is 0 Å². The number of pyridine rings is 1. The molecule has 1 aliphatic rings. The van der Waals surface area contributed by atoms with Gasteiger partial charge in [0.1, 0.15) is 23.3 Å². The molecule has 4 heterocycles. The predicted octanol–water partition coefficient (Wildman–Crippen LogP) is 16.9. The molecular weight excluding hydrogens is 1150 g/mol. The minimum atomic E-state index is -0.691. The van der Waals surface area contributed by atoms with Crippen LogP contribution in [0.15, 0.2) is 219 Å². The molecule has 0 N–H and O–H groups in total. The molecule has 1 aliphatic heterocycles. The maximum absolute atomic E-state index is 9.24. The predicted molar refractivity (Wildman–Crippen MR) is 320 cm³/mol. The fourth-order valence-electron chi connectivity index (χ4n) is 9.93. The minimum absolute atomic E-state index is 0. The average Bonchev–Trinajstić information content (AvgIpc) is 1.81. The molecule has 3 aromatic heterocycles. The van der Waals surface area contributed by atoms with Crippen molar-refractivity contribution in [3.05, 3.63) is 266 Å². The van der Waals surface area contributed by atoms with Crippen LogP contribution in [0.2, 0.25) is 0 Å². The molecule has 0 atom stereocenters. The second kappa shape index (κ2) is 21.8. The molecule has 11 aromatic rings. The van der Waals surface area contributed by atoms with Gasteiger partial charge < -0.3 is 26.5 Å². The summed E-state index contributed by atoms with van der Waals surface area (Å²) in [4.78, 5) is 24.5. The molecule has 0 bridgehead atoms. The molecule has 0 aliphatic carbocycles. The van der Waals surface area contributed by atoms with Gasteiger partial charge in [-0.3, -0.25) is 0 Å². The number of hydrogen-bond acceptors (Lipinski definition) is 7. The fraction of sp³-hybridized carbons (Fsp3) is 0.157. The van der Waals surface area contributed by atoms with Crippen LogP contribution in [-0.2, 0) is 37.3 Å². The molecule has 0 fully saturated rings. The van der Waals surface area contributed by atoms with Gasteiger partial charge in [-0.25, -0.2) is 19.9 Å². The summed E-state index contributed by atoms with van der Waals surface area (Å²) in [5, 5.41) is 1.80. The molecule has 0 radical (unpaired) electrons. The molecular formula is C70H62N7OPt-3. The molecule has 0 saturated carbocycles. The largest absolute Gasteiger partial charge is 0.508 e. The van der Waals surface area contributed by atoms with Gasteiger partial charge >= 0.3 is 0 Å². The third-order valence-electron chi connectivity index (χ3n) is 14.4. The monoisotopic (exact) mass is 1220 g/mol. The van der Waals surface area contributed by atoms with Crippen molar-refractivity contribution >= 4 is 33.2 Å². The van der Waals surface area contributed by atoms with Gasteiger partial charge in [0.25, 0.3) is 0 Å². The van der Waals surface area contributed by atoms with Crippen LogP contribution in [0.25, 0.3) is 61.3 Å². The second-order valence-electron chi connectivity index (χ2n) is 21.2. The van der Waals surface area contributed by atoms with Crippen molar-refractivity contribution in [1.29, 1.82) is 0 Å². The summed E-state index contributed by atoms with van der Waals surface area (Å²) < 4.78 is 98.1. The number of nitrogens with zero attached hydrogens (tertiary/aromatic N) is 7. The van der Waals surface area contributed by atoms with E-state index in [0.717, 1.165) is 27.4 Å². The maximum Gasteiger partial charge on any atom is 0.141 e. The number of hydrogen-bond donors (Lipinski definition) is 0. The summed E-state index contributed by atoms with van der Waals surface area (Å²) in [6.45, 7) is 14.3. The number of aromatic nitrogens is 5. The van der Waals surface area contributed by atoms with Gasteiger partial charge in [-0.1, -0.05) is 177 Å². The Morgan fingerprint density at radius 2 is 1.11 bits per heavy atom. The molecule has 8 aromatic carbocycles. The van der Waals surface area contributed by atoms with Crippen LogP contribution in [0, 0.1) is 19.6 Å². The number of para-hydroxylation sites is 1. The zero-order valence-electron chi connectivity index (χ0n) is 55.1. The van der Waals surface area contributed by atoms with E-state index in [2.05, 4.69) is 74.7 Å². The second-order valence-corrected chi connectivity index (χ2v) is 21.2. The Bertz CT molecular complexity index is 4380. The van der Waals surface area contributed by atoms with Crippen LogP contribution < -0.4 is 14.5 Å². The quantitative estimate of drug-likeness (QED) is 0.113. The normalized spacial score (nSPS) is 14.4. The molecule has 79 heavy (non-hydrogen) atoms. The summed E-state index contributed by atoms with van der Waals surface area (Å²) in [5.41, 5.74) is 3.75. The van der Waals surface area contributed by atoms with Crippen LogP contribution in [0.5, 0.6) is 11.5 Å². The van der Waals surface area contributed by atoms with E-state index in [4.69, 9.17) is 32.9 Å². The van der Waals surface area contributed by atoms with Crippen molar-refractivity contribution in [3.63, 3.8) is 0 Å². The molecule has 396 valence electrons. The smallest absolute Gasteiger partial charge is 0.141 e. The first-order chi connectivity index (χ1) is 41.4. The first kappa shape index (κ1) is 42.6. The summed E-state index contributed by atoms with van der Waals surface area (Å²) >= 11 is 0. The van der Waals surface area contributed by atoms with Crippen LogP contribution in [-0.4, -0.2) is 31.2 Å². The van der Waals surface area contributed by atoms with Gasteiger partial charge in [-0.2, -0.15) is 6.07 Å². The van der Waals surface area contributed by atoms with Gasteiger partial charge in [0, 0.05) is 78.6 Å². The third kappa shape index (κ3) is 10.3. The Kier molecular flexibility index (Phi) is 11.7. The van der Waals surface area contributed by atoms with Crippen molar-refractivity contribution in [2.45, 2.75) is 64.7 Å². The van der Waals surface area contributed by atoms with Crippen molar-refractivity contribution < 1.29 is 39.5 Å². The first-order valence-corrected chi connectivity index (χ1v) is 25.5. The van der Waals surface area contributed by atoms with Crippen molar-refractivity contribution in [2.75, 3.05) is 16.5 Å². The number of benzene rings is 8. The summed E-state index contributed by atoms with van der Waals surface area (Å²) in [6.07, 6.45) is 5.28. The molecule has 12 rings (SSSR count). The van der Waals surface area contributed by atoms with Crippen LogP contribution in [0.4, 0.5) is 11.4 Å². The molecule has 0 amide bonds. The van der Waals surface area contributed by atoms with Crippen molar-refractivity contribution in [1.82, 2.24) is 24.5 Å². The van der Waals surface area contributed by atoms with Gasteiger partial charge in [-0.15, -0.1) is 35.7 Å². The Morgan fingerprint density at radius 3 is 1.70 bits per heavy atom. The van der Waals surface area contributed by atoms with E-state index < -0.39 is 76.7 Å². The van der Waals surface area contributed by atoms with E-state index in [1.54, 1.807) is 41.7 Å². The molecule has 0 spiro atoms. The van der Waals surface area contributed by atoms with E-state index in [1.165, 1.54) is 0 Å². The zero-order valence-corrected chi connectivity index (χ0v) is 47.3. The van der Waals surface area contributed by atoms with Gasteiger partial charge in [0.2, 0.25) is 0 Å². The number of anilines is 2. The zero-order chi connectivity index (χ0) is 61.6. The summed E-state index contributed by atoms with van der Waals surface area (Å²) in [5.74, 6) is 2.73. The van der Waals surface area contributed by atoms with Crippen LogP contribution >= 0.6 is 0 Å². The van der Waals surface area contributed by atoms with Gasteiger partial charge in [0.15, 0.2) is 0 Å². The number of fused-ring (bicyclic) bond motifs is 3. The Morgan fingerprint density at radius 1 is 0.544 bits per heavy atom. The van der Waals surface area contributed by atoms with E-state index in [1.807, 2.05) is 117 Å². The standard InChI is InChI=1S/C69H59N7O.CH3.Pt/c1-67(2,3)51-41-55(47-25-12-8-13-26-47)63(56(42-51)48-27-14-9-15-28-48)75-40-39-74(46-75)52-33-24-34-53(43-52)77-61-45-60-57(54-35-20-21-36-59(54)76(60)62-37-22-23-38-70-62)44-58(61)64-71-65(68(4,5)49-29-16-10-17-30-49)73-66(72-64)69(6,7)50-31-18-11-19-32-50;;/h8-42,44H,46H2,1-7H3;1H3;/q-2;-1;/i8D,9D,12D,13D,14D,15D,25D,26D,27D,28D;;. The van der Waals surface area contributed by atoms with E-state index in [0.29, 0.717) is 51.4 Å². The van der Waals surface area contributed by atoms with Gasteiger partial charge in [-0.05, 0) is 102 Å². The first-order valence-electron chi connectivity index (χ1n) is 30.5. The maximum atomic E-state index is 9.24.